The lowest BCUT2D eigenvalue weighted by molar-refractivity contribution is 0.0149. The zero-order chi connectivity index (χ0) is 16.8. The van der Waals surface area contributed by atoms with Gasteiger partial charge in [-0.25, -0.2) is 0 Å². The number of morpholine rings is 1. The van der Waals surface area contributed by atoms with Gasteiger partial charge in [-0.3, -0.25) is 9.69 Å². The van der Waals surface area contributed by atoms with Crippen LogP contribution in [0.5, 0.6) is 0 Å². The molecule has 0 aliphatic carbocycles. The molecule has 1 saturated heterocycles. The molecule has 5 nitrogen and oxygen atoms in total. The van der Waals surface area contributed by atoms with Crippen LogP contribution in [0, 0.1) is 0 Å². The van der Waals surface area contributed by atoms with Crippen molar-refractivity contribution in [3.8, 4) is 0 Å². The SMILES string of the molecule is CC(C)c1ccc(C(=O)NC[C@H](O)CN2CCOCC2)cc1Cl. The van der Waals surface area contributed by atoms with Crippen LogP contribution < -0.4 is 5.32 Å². The summed E-state index contributed by atoms with van der Waals surface area (Å²) < 4.78 is 5.27. The molecule has 23 heavy (non-hydrogen) atoms. The summed E-state index contributed by atoms with van der Waals surface area (Å²) in [5, 5.41) is 13.4. The van der Waals surface area contributed by atoms with E-state index in [1.807, 2.05) is 6.07 Å². The van der Waals surface area contributed by atoms with E-state index in [1.165, 1.54) is 0 Å². The zero-order valence-electron chi connectivity index (χ0n) is 13.7. The van der Waals surface area contributed by atoms with Gasteiger partial charge in [-0.1, -0.05) is 31.5 Å². The van der Waals surface area contributed by atoms with Gasteiger partial charge in [-0.15, -0.1) is 0 Å². The van der Waals surface area contributed by atoms with Gasteiger partial charge >= 0.3 is 0 Å². The second-order valence-corrected chi connectivity index (χ2v) is 6.58. The summed E-state index contributed by atoms with van der Waals surface area (Å²) in [7, 11) is 0. The van der Waals surface area contributed by atoms with E-state index in [9.17, 15) is 9.90 Å². The second-order valence-electron chi connectivity index (χ2n) is 6.17. The number of aliphatic hydroxyl groups is 1. The van der Waals surface area contributed by atoms with E-state index < -0.39 is 6.10 Å². The molecule has 0 unspecified atom stereocenters. The van der Waals surface area contributed by atoms with Gasteiger partial charge in [0.1, 0.15) is 0 Å². The fourth-order valence-electron chi connectivity index (χ4n) is 2.60. The molecule has 1 aliphatic heterocycles. The molecule has 1 aromatic carbocycles. The lowest BCUT2D eigenvalue weighted by atomic mass is 10.0. The number of carbonyl (C=O) groups excluding carboxylic acids is 1. The normalized spacial score (nSPS) is 17.3. The third-order valence-corrected chi connectivity index (χ3v) is 4.28. The Kier molecular flexibility index (Phi) is 6.84. The Morgan fingerprint density at radius 1 is 1.39 bits per heavy atom. The molecule has 0 bridgehead atoms. The number of benzene rings is 1. The highest BCUT2D eigenvalue weighted by atomic mass is 35.5. The van der Waals surface area contributed by atoms with E-state index in [0.717, 1.165) is 18.7 Å². The van der Waals surface area contributed by atoms with E-state index in [0.29, 0.717) is 36.3 Å². The lowest BCUT2D eigenvalue weighted by Gasteiger charge is -2.28. The molecule has 1 fully saturated rings. The van der Waals surface area contributed by atoms with Crippen molar-refractivity contribution in [2.45, 2.75) is 25.9 Å². The first-order valence-electron chi connectivity index (χ1n) is 8.03. The van der Waals surface area contributed by atoms with Crippen molar-refractivity contribution in [1.29, 1.82) is 0 Å². The van der Waals surface area contributed by atoms with Crippen molar-refractivity contribution in [3.05, 3.63) is 34.3 Å². The van der Waals surface area contributed by atoms with Crippen molar-refractivity contribution >= 4 is 17.5 Å². The number of rotatable bonds is 6. The molecule has 0 radical (unpaired) electrons. The van der Waals surface area contributed by atoms with Crippen LogP contribution in [0.1, 0.15) is 35.7 Å². The Labute approximate surface area is 142 Å². The third-order valence-electron chi connectivity index (χ3n) is 3.96. The number of ether oxygens (including phenoxy) is 1. The van der Waals surface area contributed by atoms with Crippen LogP contribution in [0.15, 0.2) is 18.2 Å². The minimum absolute atomic E-state index is 0.219. The number of carbonyl (C=O) groups is 1. The summed E-state index contributed by atoms with van der Waals surface area (Å²) in [6, 6.07) is 5.33. The molecular formula is C17H25ClN2O3. The number of nitrogens with zero attached hydrogens (tertiary/aromatic N) is 1. The Bertz CT molecular complexity index is 531. The third kappa shape index (κ3) is 5.46. The molecule has 0 spiro atoms. The summed E-state index contributed by atoms with van der Waals surface area (Å²) in [4.78, 5) is 14.3. The predicted octanol–water partition coefficient (Wildman–Crippen LogP) is 1.89. The van der Waals surface area contributed by atoms with Crippen molar-refractivity contribution in [3.63, 3.8) is 0 Å². The topological polar surface area (TPSA) is 61.8 Å². The van der Waals surface area contributed by atoms with E-state index in [-0.39, 0.29) is 12.5 Å². The molecule has 6 heteroatoms. The first kappa shape index (κ1) is 18.2. The second kappa shape index (κ2) is 8.64. The van der Waals surface area contributed by atoms with Crippen LogP contribution in [0.4, 0.5) is 0 Å². The van der Waals surface area contributed by atoms with Gasteiger partial charge in [0.2, 0.25) is 0 Å². The number of aliphatic hydroxyl groups excluding tert-OH is 1. The number of halogens is 1. The smallest absolute Gasteiger partial charge is 0.251 e. The Morgan fingerprint density at radius 2 is 2.09 bits per heavy atom. The van der Waals surface area contributed by atoms with E-state index in [1.54, 1.807) is 12.1 Å². The molecular weight excluding hydrogens is 316 g/mol. The largest absolute Gasteiger partial charge is 0.390 e. The van der Waals surface area contributed by atoms with Crippen molar-refractivity contribution in [2.24, 2.45) is 0 Å². The van der Waals surface area contributed by atoms with E-state index >= 15 is 0 Å². The monoisotopic (exact) mass is 340 g/mol. The van der Waals surface area contributed by atoms with Gasteiger partial charge in [0, 0.05) is 36.8 Å². The lowest BCUT2D eigenvalue weighted by Crippen LogP contribution is -2.44. The maximum Gasteiger partial charge on any atom is 0.251 e. The van der Waals surface area contributed by atoms with Gasteiger partial charge in [0.25, 0.3) is 5.91 Å². The number of hydrogen-bond acceptors (Lipinski definition) is 4. The van der Waals surface area contributed by atoms with Crippen LogP contribution in [0.3, 0.4) is 0 Å². The summed E-state index contributed by atoms with van der Waals surface area (Å²) in [6.45, 7) is 7.90. The van der Waals surface area contributed by atoms with Crippen LogP contribution in [-0.4, -0.2) is 61.4 Å². The summed E-state index contributed by atoms with van der Waals surface area (Å²) >= 11 is 6.21. The first-order chi connectivity index (χ1) is 11.0. The first-order valence-corrected chi connectivity index (χ1v) is 8.41. The van der Waals surface area contributed by atoms with Gasteiger partial charge in [-0.05, 0) is 23.6 Å². The van der Waals surface area contributed by atoms with Crippen LogP contribution >= 0.6 is 11.6 Å². The van der Waals surface area contributed by atoms with Crippen molar-refractivity contribution < 1.29 is 14.6 Å². The summed E-state index contributed by atoms with van der Waals surface area (Å²) in [6.07, 6.45) is -0.595. The molecule has 1 heterocycles. The van der Waals surface area contributed by atoms with Gasteiger partial charge in [-0.2, -0.15) is 0 Å². The van der Waals surface area contributed by atoms with Crippen LogP contribution in [0.25, 0.3) is 0 Å². The molecule has 1 aromatic rings. The van der Waals surface area contributed by atoms with Gasteiger partial charge in [0.15, 0.2) is 0 Å². The highest BCUT2D eigenvalue weighted by Crippen LogP contribution is 2.25. The minimum Gasteiger partial charge on any atom is -0.390 e. The molecule has 128 valence electrons. The van der Waals surface area contributed by atoms with E-state index in [4.69, 9.17) is 16.3 Å². The predicted molar refractivity (Wildman–Crippen MR) is 91.1 cm³/mol. The maximum atomic E-state index is 12.2. The highest BCUT2D eigenvalue weighted by molar-refractivity contribution is 6.31. The standard InChI is InChI=1S/C17H25ClN2O3/c1-12(2)15-4-3-13(9-16(15)18)17(22)19-10-14(21)11-20-5-7-23-8-6-20/h3-4,9,12,14,21H,5-8,10-11H2,1-2H3,(H,19,22)/t14-/m0/s1. The molecule has 2 rings (SSSR count). The zero-order valence-corrected chi connectivity index (χ0v) is 14.5. The average molecular weight is 341 g/mol. The Morgan fingerprint density at radius 3 is 2.70 bits per heavy atom. The van der Waals surface area contributed by atoms with Crippen LogP contribution in [-0.2, 0) is 4.74 Å². The molecule has 2 N–H and O–H groups in total. The van der Waals surface area contributed by atoms with Gasteiger partial charge in [0.05, 0.1) is 19.3 Å². The Hall–Kier alpha value is -1.14. The van der Waals surface area contributed by atoms with E-state index in [2.05, 4.69) is 24.1 Å². The fourth-order valence-corrected chi connectivity index (χ4v) is 2.99. The van der Waals surface area contributed by atoms with Crippen molar-refractivity contribution in [2.75, 3.05) is 39.4 Å². The highest BCUT2D eigenvalue weighted by Gasteiger charge is 2.16. The molecule has 1 amide bonds. The minimum atomic E-state index is -0.595. The number of nitrogens with one attached hydrogen (secondary N) is 1. The van der Waals surface area contributed by atoms with Crippen molar-refractivity contribution in [1.82, 2.24) is 10.2 Å². The molecule has 1 atom stereocenters. The number of hydrogen-bond donors (Lipinski definition) is 2. The molecule has 0 saturated carbocycles. The molecule has 1 aliphatic rings. The maximum absolute atomic E-state index is 12.2. The fraction of sp³-hybridized carbons (Fsp3) is 0.588. The number of β-amino-alcohol motifs (C(OH)–C–C–N with tert-alkyl or cyclic N) is 1. The quantitative estimate of drug-likeness (QED) is 0.830. The molecule has 0 aromatic heterocycles. The average Bonchev–Trinajstić information content (AvgIpc) is 2.53. The number of amides is 1. The summed E-state index contributed by atoms with van der Waals surface area (Å²) in [5.41, 5.74) is 1.54. The summed E-state index contributed by atoms with van der Waals surface area (Å²) in [5.74, 6) is 0.0955. The van der Waals surface area contributed by atoms with Gasteiger partial charge < -0.3 is 15.2 Å². The van der Waals surface area contributed by atoms with Crippen LogP contribution in [0.2, 0.25) is 5.02 Å². The Balaban J connectivity index is 1.83.